The van der Waals surface area contributed by atoms with E-state index in [1.165, 1.54) is 31.4 Å². The monoisotopic (exact) mass is 516 g/mol. The van der Waals surface area contributed by atoms with Crippen LogP contribution in [-0.4, -0.2) is 23.8 Å². The molecule has 3 aromatic carbocycles. The van der Waals surface area contributed by atoms with Gasteiger partial charge in [0.1, 0.15) is 24.1 Å². The van der Waals surface area contributed by atoms with Crippen LogP contribution in [0.4, 0.5) is 4.39 Å². The van der Waals surface area contributed by atoms with Gasteiger partial charge in [-0.25, -0.2) is 4.39 Å². The lowest BCUT2D eigenvalue weighted by Crippen LogP contribution is -2.42. The van der Waals surface area contributed by atoms with Crippen molar-refractivity contribution < 1.29 is 23.5 Å². The van der Waals surface area contributed by atoms with Crippen LogP contribution in [0.25, 0.3) is 6.08 Å². The number of carbonyl (C=O) groups excluding carboxylic acids is 2. The third-order valence-corrected chi connectivity index (χ3v) is 6.29. The van der Waals surface area contributed by atoms with E-state index in [0.717, 1.165) is 10.5 Å². The van der Waals surface area contributed by atoms with E-state index in [4.69, 9.17) is 21.1 Å². The molecule has 4 rings (SSSR count). The Balaban J connectivity index is 1.64. The topological polar surface area (TPSA) is 79.6 Å². The van der Waals surface area contributed by atoms with E-state index in [1.807, 2.05) is 24.3 Å². The number of benzene rings is 3. The minimum Gasteiger partial charge on any atom is -0.493 e. The molecule has 186 valence electrons. The lowest BCUT2D eigenvalue weighted by atomic mass is 9.93. The van der Waals surface area contributed by atoms with Crippen molar-refractivity contribution in [1.29, 1.82) is 5.26 Å². The number of rotatable bonds is 7. The number of carbonyl (C=O) groups is 2. The van der Waals surface area contributed by atoms with Crippen molar-refractivity contribution in [2.75, 3.05) is 7.11 Å². The third-order valence-electron chi connectivity index (χ3n) is 5.92. The summed E-state index contributed by atoms with van der Waals surface area (Å²) in [6.45, 7) is 1.71. The predicted octanol–water partition coefficient (Wildman–Crippen LogP) is 5.86. The number of amides is 2. The molecule has 8 heteroatoms. The molecule has 0 aliphatic carbocycles. The SMILES string of the molecule is COc1cc(/C=C2/C(=O)N(Cc3ccc(F)cc3)C(=O)C(C#N)=C2C)ccc1OCc1ccccc1Cl. The Morgan fingerprint density at radius 3 is 2.43 bits per heavy atom. The van der Waals surface area contributed by atoms with Gasteiger partial charge in [-0.3, -0.25) is 14.5 Å². The van der Waals surface area contributed by atoms with E-state index < -0.39 is 17.6 Å². The van der Waals surface area contributed by atoms with Crippen molar-refractivity contribution in [2.24, 2.45) is 0 Å². The van der Waals surface area contributed by atoms with Crippen LogP contribution in [0.2, 0.25) is 5.02 Å². The highest BCUT2D eigenvalue weighted by atomic mass is 35.5. The van der Waals surface area contributed by atoms with E-state index in [0.29, 0.717) is 27.6 Å². The molecular formula is C29H22ClFN2O4. The maximum Gasteiger partial charge on any atom is 0.271 e. The molecular weight excluding hydrogens is 495 g/mol. The first-order valence-electron chi connectivity index (χ1n) is 11.3. The third kappa shape index (κ3) is 5.55. The van der Waals surface area contributed by atoms with E-state index in [-0.39, 0.29) is 29.9 Å². The Morgan fingerprint density at radius 2 is 1.76 bits per heavy atom. The molecule has 1 aliphatic heterocycles. The molecule has 0 unspecified atom stereocenters. The van der Waals surface area contributed by atoms with Gasteiger partial charge in [0, 0.05) is 16.2 Å². The smallest absolute Gasteiger partial charge is 0.271 e. The molecule has 0 bridgehead atoms. The number of nitrogens with zero attached hydrogens (tertiary/aromatic N) is 2. The molecule has 0 atom stereocenters. The van der Waals surface area contributed by atoms with Gasteiger partial charge >= 0.3 is 0 Å². The van der Waals surface area contributed by atoms with Gasteiger partial charge < -0.3 is 9.47 Å². The van der Waals surface area contributed by atoms with E-state index in [9.17, 15) is 19.2 Å². The Morgan fingerprint density at radius 1 is 1.03 bits per heavy atom. The van der Waals surface area contributed by atoms with Crippen LogP contribution in [0.5, 0.6) is 11.5 Å². The highest BCUT2D eigenvalue weighted by Gasteiger charge is 2.35. The highest BCUT2D eigenvalue weighted by Crippen LogP contribution is 2.33. The summed E-state index contributed by atoms with van der Waals surface area (Å²) in [5.74, 6) is -0.748. The number of ether oxygens (including phenoxy) is 2. The summed E-state index contributed by atoms with van der Waals surface area (Å²) in [7, 11) is 1.50. The lowest BCUT2D eigenvalue weighted by Gasteiger charge is -2.27. The fraction of sp³-hybridized carbons (Fsp3) is 0.138. The van der Waals surface area contributed by atoms with Gasteiger partial charge in [0.05, 0.1) is 13.7 Å². The van der Waals surface area contributed by atoms with Crippen molar-refractivity contribution in [3.8, 4) is 17.6 Å². The minimum atomic E-state index is -0.688. The van der Waals surface area contributed by atoms with Gasteiger partial charge in [-0.05, 0) is 60.0 Å². The molecule has 0 spiro atoms. The first-order valence-corrected chi connectivity index (χ1v) is 11.7. The highest BCUT2D eigenvalue weighted by molar-refractivity contribution is 6.31. The van der Waals surface area contributed by atoms with Gasteiger partial charge in [0.15, 0.2) is 11.5 Å². The minimum absolute atomic E-state index is 0.0914. The summed E-state index contributed by atoms with van der Waals surface area (Å²) < 4.78 is 24.7. The molecule has 6 nitrogen and oxygen atoms in total. The van der Waals surface area contributed by atoms with Gasteiger partial charge in [-0.1, -0.05) is 48.0 Å². The molecule has 0 fully saturated rings. The van der Waals surface area contributed by atoms with E-state index >= 15 is 0 Å². The summed E-state index contributed by atoms with van der Waals surface area (Å²) in [6.07, 6.45) is 1.60. The normalized spacial score (nSPS) is 14.7. The van der Waals surface area contributed by atoms with E-state index in [2.05, 4.69) is 0 Å². The predicted molar refractivity (Wildman–Crippen MR) is 137 cm³/mol. The Bertz CT molecular complexity index is 1470. The number of halogens is 2. The molecule has 1 aliphatic rings. The Labute approximate surface area is 218 Å². The molecule has 2 amide bonds. The maximum absolute atomic E-state index is 13.3. The second kappa shape index (κ2) is 11.1. The average Bonchev–Trinajstić information content (AvgIpc) is 2.90. The Kier molecular flexibility index (Phi) is 7.71. The van der Waals surface area contributed by atoms with Gasteiger partial charge in [0.25, 0.3) is 11.8 Å². The van der Waals surface area contributed by atoms with Crippen molar-refractivity contribution in [1.82, 2.24) is 4.90 Å². The first-order chi connectivity index (χ1) is 17.8. The molecule has 0 radical (unpaired) electrons. The fourth-order valence-corrected chi connectivity index (χ4v) is 4.07. The Hall–Kier alpha value is -4.41. The van der Waals surface area contributed by atoms with Crippen LogP contribution in [0, 0.1) is 17.1 Å². The number of imide groups is 1. The largest absolute Gasteiger partial charge is 0.493 e. The molecule has 0 saturated carbocycles. The van der Waals surface area contributed by atoms with Crippen molar-refractivity contribution >= 4 is 29.5 Å². The quantitative estimate of drug-likeness (QED) is 0.290. The molecule has 37 heavy (non-hydrogen) atoms. The van der Waals surface area contributed by atoms with Crippen LogP contribution < -0.4 is 9.47 Å². The number of hydrogen-bond acceptors (Lipinski definition) is 5. The maximum atomic E-state index is 13.3. The summed E-state index contributed by atoms with van der Waals surface area (Å²) in [6, 6.07) is 19.9. The molecule has 1 heterocycles. The molecule has 0 saturated heterocycles. The molecule has 0 N–H and O–H groups in total. The zero-order valence-electron chi connectivity index (χ0n) is 20.1. The van der Waals surface area contributed by atoms with Crippen LogP contribution in [0.1, 0.15) is 23.6 Å². The average molecular weight is 517 g/mol. The van der Waals surface area contributed by atoms with Gasteiger partial charge in [0.2, 0.25) is 0 Å². The number of methoxy groups -OCH3 is 1. The standard InChI is InChI=1S/C29H22ClFN2O4/c1-18-23(28(34)33(29(35)24(18)15-32)16-19-7-10-22(31)11-8-19)13-20-9-12-26(27(14-20)36-2)37-17-21-5-3-4-6-25(21)30/h3-14H,16-17H2,1-2H3/b23-13+. The van der Waals surface area contributed by atoms with Crippen molar-refractivity contribution in [3.63, 3.8) is 0 Å². The molecule has 3 aromatic rings. The summed E-state index contributed by atoms with van der Waals surface area (Å²) >= 11 is 6.21. The second-order valence-electron chi connectivity index (χ2n) is 8.28. The van der Waals surface area contributed by atoms with Crippen LogP contribution in [-0.2, 0) is 22.7 Å². The van der Waals surface area contributed by atoms with Crippen LogP contribution in [0.3, 0.4) is 0 Å². The second-order valence-corrected chi connectivity index (χ2v) is 8.69. The van der Waals surface area contributed by atoms with Crippen molar-refractivity contribution in [3.05, 3.63) is 111 Å². The zero-order chi connectivity index (χ0) is 26.5. The van der Waals surface area contributed by atoms with Gasteiger partial charge in [-0.2, -0.15) is 5.26 Å². The van der Waals surface area contributed by atoms with Crippen molar-refractivity contribution in [2.45, 2.75) is 20.1 Å². The van der Waals surface area contributed by atoms with Crippen LogP contribution in [0.15, 0.2) is 83.4 Å². The summed E-state index contributed by atoms with van der Waals surface area (Å²) in [5.41, 5.74) is 2.34. The molecule has 0 aromatic heterocycles. The fourth-order valence-electron chi connectivity index (χ4n) is 3.88. The zero-order valence-corrected chi connectivity index (χ0v) is 20.9. The lowest BCUT2D eigenvalue weighted by molar-refractivity contribution is -0.141. The summed E-state index contributed by atoms with van der Waals surface area (Å²) in [4.78, 5) is 27.2. The van der Waals surface area contributed by atoms with E-state index in [1.54, 1.807) is 37.3 Å². The first kappa shape index (κ1) is 25.7. The summed E-state index contributed by atoms with van der Waals surface area (Å²) in [5, 5.41) is 10.2. The van der Waals surface area contributed by atoms with Crippen LogP contribution >= 0.6 is 11.6 Å². The van der Waals surface area contributed by atoms with Gasteiger partial charge in [-0.15, -0.1) is 0 Å². The number of nitriles is 1. The number of hydrogen-bond donors (Lipinski definition) is 0.